The van der Waals surface area contributed by atoms with Crippen molar-refractivity contribution in [1.82, 2.24) is 9.97 Å². The summed E-state index contributed by atoms with van der Waals surface area (Å²) in [6, 6.07) is 10.5. The first-order valence-electron chi connectivity index (χ1n) is 8.91. The number of benzene rings is 2. The fraction of sp³-hybridized carbons (Fsp3) is 0.182. The minimum absolute atomic E-state index is 0.256. The van der Waals surface area contributed by atoms with Gasteiger partial charge in [-0.1, -0.05) is 29.8 Å². The summed E-state index contributed by atoms with van der Waals surface area (Å²) in [5.41, 5.74) is 4.94. The summed E-state index contributed by atoms with van der Waals surface area (Å²) in [7, 11) is 0. The highest BCUT2D eigenvalue weighted by Crippen LogP contribution is 2.42. The maximum absolute atomic E-state index is 13.4. The van der Waals surface area contributed by atoms with Crippen LogP contribution in [0.3, 0.4) is 0 Å². The van der Waals surface area contributed by atoms with Gasteiger partial charge in [0.15, 0.2) is 0 Å². The Morgan fingerprint density at radius 2 is 1.71 bits per heavy atom. The molecule has 4 rings (SSSR count). The Labute approximate surface area is 172 Å². The van der Waals surface area contributed by atoms with Gasteiger partial charge in [0.2, 0.25) is 0 Å². The fourth-order valence-corrected chi connectivity index (χ4v) is 4.92. The van der Waals surface area contributed by atoms with Crippen LogP contribution in [-0.4, -0.2) is 9.97 Å². The van der Waals surface area contributed by atoms with E-state index in [1.807, 2.05) is 33.8 Å². The van der Waals surface area contributed by atoms with Gasteiger partial charge in [-0.25, -0.2) is 14.4 Å². The minimum atomic E-state index is -0.256. The first-order valence-corrected chi connectivity index (χ1v) is 10.1. The van der Waals surface area contributed by atoms with Gasteiger partial charge in [-0.2, -0.15) is 0 Å². The van der Waals surface area contributed by atoms with Crippen molar-refractivity contribution in [1.29, 1.82) is 0 Å². The predicted molar refractivity (Wildman–Crippen MR) is 116 cm³/mol. The second-order valence-electron chi connectivity index (χ2n) is 6.90. The number of nitrogens with zero attached hydrogens (tertiary/aromatic N) is 2. The van der Waals surface area contributed by atoms with Crippen molar-refractivity contribution < 1.29 is 4.39 Å². The van der Waals surface area contributed by atoms with Crippen molar-refractivity contribution >= 4 is 44.7 Å². The van der Waals surface area contributed by atoms with Crippen molar-refractivity contribution in [3.05, 3.63) is 69.1 Å². The number of anilines is 2. The molecule has 0 amide bonds. The molecule has 0 fully saturated rings. The Bertz CT molecular complexity index is 1180. The average molecular weight is 412 g/mol. The number of aryl methyl sites for hydroxylation is 4. The number of hydrogen-bond donors (Lipinski definition) is 1. The average Bonchev–Trinajstić information content (AvgIpc) is 2.94. The third kappa shape index (κ3) is 3.36. The molecule has 142 valence electrons. The highest BCUT2D eigenvalue weighted by molar-refractivity contribution is 7.19. The van der Waals surface area contributed by atoms with Gasteiger partial charge in [0.1, 0.15) is 22.3 Å². The van der Waals surface area contributed by atoms with E-state index in [0.29, 0.717) is 16.7 Å². The molecule has 2 aromatic carbocycles. The zero-order valence-corrected chi connectivity index (χ0v) is 17.6. The Hall–Kier alpha value is -2.50. The molecule has 0 unspecified atom stereocenters. The van der Waals surface area contributed by atoms with E-state index in [4.69, 9.17) is 11.6 Å². The number of rotatable bonds is 3. The van der Waals surface area contributed by atoms with Gasteiger partial charge in [0.25, 0.3) is 0 Å². The van der Waals surface area contributed by atoms with Crippen molar-refractivity contribution in [3.63, 3.8) is 0 Å². The Morgan fingerprint density at radius 1 is 1.00 bits per heavy atom. The van der Waals surface area contributed by atoms with Crippen LogP contribution in [0.1, 0.15) is 21.8 Å². The molecule has 6 heteroatoms. The first-order chi connectivity index (χ1) is 13.3. The van der Waals surface area contributed by atoms with Crippen molar-refractivity contribution in [3.8, 4) is 11.1 Å². The van der Waals surface area contributed by atoms with E-state index in [-0.39, 0.29) is 5.82 Å². The molecule has 0 aliphatic heterocycles. The summed E-state index contributed by atoms with van der Waals surface area (Å²) in [4.78, 5) is 11.3. The summed E-state index contributed by atoms with van der Waals surface area (Å²) in [5.74, 6) is 1.14. The van der Waals surface area contributed by atoms with E-state index in [1.54, 1.807) is 23.5 Å². The second-order valence-corrected chi connectivity index (χ2v) is 8.51. The summed E-state index contributed by atoms with van der Waals surface area (Å²) < 4.78 is 13.4. The minimum Gasteiger partial charge on any atom is -0.338 e. The number of hydrogen-bond acceptors (Lipinski definition) is 4. The van der Waals surface area contributed by atoms with Crippen LogP contribution < -0.4 is 5.32 Å². The van der Waals surface area contributed by atoms with Gasteiger partial charge in [0, 0.05) is 10.4 Å². The number of nitrogens with one attached hydrogen (secondary N) is 1. The zero-order valence-electron chi connectivity index (χ0n) is 16.0. The molecule has 0 spiro atoms. The highest BCUT2D eigenvalue weighted by Gasteiger charge is 2.19. The van der Waals surface area contributed by atoms with Gasteiger partial charge in [-0.3, -0.25) is 0 Å². The van der Waals surface area contributed by atoms with E-state index < -0.39 is 0 Å². The van der Waals surface area contributed by atoms with Crippen LogP contribution in [0.25, 0.3) is 21.3 Å². The Morgan fingerprint density at radius 3 is 2.39 bits per heavy atom. The summed E-state index contributed by atoms with van der Waals surface area (Å²) >= 11 is 8.12. The molecule has 0 atom stereocenters. The number of fused-ring (bicyclic) bond motifs is 1. The third-order valence-electron chi connectivity index (χ3n) is 4.65. The quantitative estimate of drug-likeness (QED) is 0.389. The molecule has 0 bridgehead atoms. The molecular weight excluding hydrogens is 393 g/mol. The number of thiophene rings is 1. The standard InChI is InChI=1S/C22H19ClFN3S/c1-11-9-12(2)20(17(23)10-11)27-21-19-18(15-5-7-16(24)8-6-15)13(3)28-22(19)26-14(4)25-21/h5-10H,1-4H3,(H,25,26,27). The summed E-state index contributed by atoms with van der Waals surface area (Å²) in [5, 5.41) is 5.01. The van der Waals surface area contributed by atoms with E-state index in [2.05, 4.69) is 21.4 Å². The molecule has 4 aromatic rings. The number of halogens is 2. The number of aromatic nitrogens is 2. The van der Waals surface area contributed by atoms with Gasteiger partial charge in [-0.15, -0.1) is 11.3 Å². The Kier molecular flexibility index (Phi) is 4.81. The van der Waals surface area contributed by atoms with Crippen LogP contribution in [-0.2, 0) is 0 Å². The van der Waals surface area contributed by atoms with Gasteiger partial charge in [0.05, 0.1) is 16.1 Å². The van der Waals surface area contributed by atoms with E-state index >= 15 is 0 Å². The normalized spacial score (nSPS) is 11.2. The monoisotopic (exact) mass is 411 g/mol. The molecule has 0 radical (unpaired) electrons. The van der Waals surface area contributed by atoms with Crippen molar-refractivity contribution in [2.45, 2.75) is 27.7 Å². The SMILES string of the molecule is Cc1cc(C)c(Nc2nc(C)nc3sc(C)c(-c4ccc(F)cc4)c23)c(Cl)c1. The lowest BCUT2D eigenvalue weighted by Crippen LogP contribution is -2.01. The van der Waals surface area contributed by atoms with E-state index in [9.17, 15) is 4.39 Å². The molecule has 2 aromatic heterocycles. The van der Waals surface area contributed by atoms with E-state index in [1.165, 1.54) is 12.1 Å². The topological polar surface area (TPSA) is 37.8 Å². The van der Waals surface area contributed by atoms with Crippen LogP contribution in [0.4, 0.5) is 15.9 Å². The molecule has 28 heavy (non-hydrogen) atoms. The molecule has 2 heterocycles. The molecule has 0 aliphatic carbocycles. The summed E-state index contributed by atoms with van der Waals surface area (Å²) in [6.45, 7) is 7.96. The zero-order chi connectivity index (χ0) is 20.0. The smallest absolute Gasteiger partial charge is 0.143 e. The van der Waals surface area contributed by atoms with Crippen LogP contribution in [0.15, 0.2) is 36.4 Å². The van der Waals surface area contributed by atoms with Crippen molar-refractivity contribution in [2.75, 3.05) is 5.32 Å². The lowest BCUT2D eigenvalue weighted by Gasteiger charge is -2.14. The molecular formula is C22H19ClFN3S. The van der Waals surface area contributed by atoms with Gasteiger partial charge < -0.3 is 5.32 Å². The Balaban J connectivity index is 1.95. The largest absolute Gasteiger partial charge is 0.338 e. The van der Waals surface area contributed by atoms with Gasteiger partial charge >= 0.3 is 0 Å². The summed E-state index contributed by atoms with van der Waals surface area (Å²) in [6.07, 6.45) is 0. The molecule has 1 N–H and O–H groups in total. The van der Waals surface area contributed by atoms with Gasteiger partial charge in [-0.05, 0) is 62.6 Å². The maximum Gasteiger partial charge on any atom is 0.143 e. The lowest BCUT2D eigenvalue weighted by atomic mass is 10.0. The molecule has 0 saturated carbocycles. The lowest BCUT2D eigenvalue weighted by molar-refractivity contribution is 0.628. The van der Waals surface area contributed by atoms with E-state index in [0.717, 1.165) is 43.0 Å². The molecule has 0 aliphatic rings. The highest BCUT2D eigenvalue weighted by atomic mass is 35.5. The predicted octanol–water partition coefficient (Wildman–Crippen LogP) is 7.13. The fourth-order valence-electron chi connectivity index (χ4n) is 3.47. The third-order valence-corrected chi connectivity index (χ3v) is 5.94. The van der Waals surface area contributed by atoms with Crippen molar-refractivity contribution in [2.24, 2.45) is 0 Å². The molecule has 0 saturated heterocycles. The first kappa shape index (κ1) is 18.8. The van der Waals surface area contributed by atoms with Crippen LogP contribution >= 0.6 is 22.9 Å². The second kappa shape index (κ2) is 7.15. The molecule has 3 nitrogen and oxygen atoms in total. The van der Waals surface area contributed by atoms with Crippen LogP contribution in [0.2, 0.25) is 5.02 Å². The van der Waals surface area contributed by atoms with Crippen LogP contribution in [0.5, 0.6) is 0 Å². The maximum atomic E-state index is 13.4. The van der Waals surface area contributed by atoms with Crippen LogP contribution in [0, 0.1) is 33.5 Å².